The van der Waals surface area contributed by atoms with E-state index in [1.54, 1.807) is 49.8 Å². The number of rotatable bonds is 15. The predicted octanol–water partition coefficient (Wildman–Crippen LogP) is 7.22. The number of ether oxygens (including phenoxy) is 3. The second-order valence-corrected chi connectivity index (χ2v) is 11.4. The van der Waals surface area contributed by atoms with E-state index >= 15 is 0 Å². The van der Waals surface area contributed by atoms with Gasteiger partial charge in [-0.15, -0.1) is 0 Å². The summed E-state index contributed by atoms with van der Waals surface area (Å²) >= 11 is 0. The lowest BCUT2D eigenvalue weighted by Gasteiger charge is -2.10. The van der Waals surface area contributed by atoms with Crippen LogP contribution >= 0.6 is 0 Å². The highest BCUT2D eigenvalue weighted by molar-refractivity contribution is 7.84. The molecule has 3 aromatic carbocycles. The van der Waals surface area contributed by atoms with Gasteiger partial charge in [-0.05, 0) is 96.3 Å². The van der Waals surface area contributed by atoms with Gasteiger partial charge in [-0.3, -0.25) is 14.0 Å². The number of hydrogen-bond donors (Lipinski definition) is 1. The Hall–Kier alpha value is -4.27. The molecule has 224 valence electrons. The van der Waals surface area contributed by atoms with Crippen LogP contribution in [-0.2, 0) is 26.1 Å². The number of hydrogen-bond acceptors (Lipinski definition) is 6. The van der Waals surface area contributed by atoms with E-state index in [0.717, 1.165) is 53.0 Å². The molecule has 1 aromatic heterocycles. The molecule has 0 aliphatic heterocycles. The van der Waals surface area contributed by atoms with Crippen molar-refractivity contribution in [2.75, 3.05) is 32.2 Å². The van der Waals surface area contributed by atoms with Crippen LogP contribution in [0.25, 0.3) is 17.2 Å². The lowest BCUT2D eigenvalue weighted by atomic mass is 10.0. The van der Waals surface area contributed by atoms with E-state index in [4.69, 9.17) is 14.2 Å². The molecule has 7 nitrogen and oxygen atoms in total. The average molecular weight is 599 g/mol. The maximum absolute atomic E-state index is 12.8. The Morgan fingerprint density at radius 1 is 0.953 bits per heavy atom. The summed E-state index contributed by atoms with van der Waals surface area (Å²) in [7, 11) is 0.389. The van der Waals surface area contributed by atoms with Gasteiger partial charge in [-0.1, -0.05) is 31.5 Å². The van der Waals surface area contributed by atoms with Crippen LogP contribution in [0.4, 0.5) is 5.69 Å². The number of aryl methyl sites for hydroxylation is 1. The summed E-state index contributed by atoms with van der Waals surface area (Å²) in [5, 5.41) is 2.86. The van der Waals surface area contributed by atoms with Gasteiger partial charge < -0.3 is 19.5 Å². The Bertz CT molecular complexity index is 1540. The molecule has 0 radical (unpaired) electrons. The predicted molar refractivity (Wildman–Crippen MR) is 173 cm³/mol. The van der Waals surface area contributed by atoms with E-state index < -0.39 is 10.8 Å². The molecule has 43 heavy (non-hydrogen) atoms. The first kappa shape index (κ1) is 31.7. The minimum Gasteiger partial charge on any atom is -0.496 e. The molecular weight excluding hydrogens is 560 g/mol. The van der Waals surface area contributed by atoms with E-state index in [-0.39, 0.29) is 5.91 Å². The third-order valence-corrected chi connectivity index (χ3v) is 8.16. The molecular formula is C35H38N2O5S. The number of unbranched alkanes of at least 4 members (excludes halogenated alkanes) is 1. The van der Waals surface area contributed by atoms with E-state index in [1.165, 1.54) is 6.08 Å². The van der Waals surface area contributed by atoms with Gasteiger partial charge in [0.05, 0.1) is 30.3 Å². The Balaban J connectivity index is 1.34. The largest absolute Gasteiger partial charge is 0.496 e. The highest BCUT2D eigenvalue weighted by Crippen LogP contribution is 2.29. The molecule has 4 aromatic rings. The lowest BCUT2D eigenvalue weighted by molar-refractivity contribution is -0.111. The number of nitrogens with one attached hydrogen (secondary N) is 1. The first-order valence-corrected chi connectivity index (χ1v) is 15.6. The highest BCUT2D eigenvalue weighted by Gasteiger charge is 2.09. The monoisotopic (exact) mass is 598 g/mol. The number of methoxy groups -OCH3 is 1. The van der Waals surface area contributed by atoms with Crippen molar-refractivity contribution in [1.82, 2.24) is 4.98 Å². The van der Waals surface area contributed by atoms with Crippen LogP contribution in [0, 0.1) is 6.92 Å². The molecule has 0 saturated carbocycles. The molecule has 8 heteroatoms. The zero-order chi connectivity index (χ0) is 30.4. The summed E-state index contributed by atoms with van der Waals surface area (Å²) in [5.41, 5.74) is 5.40. The summed E-state index contributed by atoms with van der Waals surface area (Å²) in [5.74, 6) is 1.55. The second-order valence-electron chi connectivity index (χ2n) is 9.93. The van der Waals surface area contributed by atoms with Crippen molar-refractivity contribution in [1.29, 1.82) is 0 Å². The van der Waals surface area contributed by atoms with Crippen LogP contribution in [0.3, 0.4) is 0 Å². The topological polar surface area (TPSA) is 86.8 Å². The van der Waals surface area contributed by atoms with Crippen molar-refractivity contribution in [3.05, 3.63) is 108 Å². The van der Waals surface area contributed by atoms with Crippen LogP contribution in [0.2, 0.25) is 0 Å². The van der Waals surface area contributed by atoms with Crippen molar-refractivity contribution < 1.29 is 23.2 Å². The van der Waals surface area contributed by atoms with E-state index in [2.05, 4.69) is 17.2 Å². The summed E-state index contributed by atoms with van der Waals surface area (Å²) < 4.78 is 29.7. The normalized spacial score (nSPS) is 11.8. The molecule has 1 N–H and O–H groups in total. The zero-order valence-electron chi connectivity index (χ0n) is 24.9. The maximum Gasteiger partial charge on any atom is 0.248 e. The van der Waals surface area contributed by atoms with Crippen LogP contribution in [0.1, 0.15) is 36.5 Å². The fourth-order valence-corrected chi connectivity index (χ4v) is 5.46. The molecule has 1 atom stereocenters. The van der Waals surface area contributed by atoms with Crippen molar-refractivity contribution >= 4 is 28.5 Å². The number of carbonyl (C=O) groups is 1. The number of pyridine rings is 1. The second kappa shape index (κ2) is 16.4. The molecule has 0 aliphatic rings. The SMILES string of the molecule is CCCCOCCOc1ccc(-c2ccc(OC)c(/C=C/C(=O)Nc3ccc(S(=O)Cc4cnccc4C)cc3)c2)cc1. The van der Waals surface area contributed by atoms with E-state index in [0.29, 0.717) is 35.3 Å². The number of benzene rings is 3. The number of aromatic nitrogens is 1. The molecule has 1 amide bonds. The third kappa shape index (κ3) is 9.63. The molecule has 0 aliphatic carbocycles. The Morgan fingerprint density at radius 2 is 1.72 bits per heavy atom. The van der Waals surface area contributed by atoms with Crippen molar-refractivity contribution in [3.8, 4) is 22.6 Å². The van der Waals surface area contributed by atoms with Crippen LogP contribution in [-0.4, -0.2) is 42.0 Å². The molecule has 0 bridgehead atoms. The van der Waals surface area contributed by atoms with Crippen molar-refractivity contribution in [2.24, 2.45) is 0 Å². The van der Waals surface area contributed by atoms with Crippen molar-refractivity contribution in [2.45, 2.75) is 37.3 Å². The minimum atomic E-state index is -1.21. The average Bonchev–Trinajstić information content (AvgIpc) is 3.03. The van der Waals surface area contributed by atoms with E-state index in [9.17, 15) is 9.00 Å². The standard InChI is InChI=1S/C35H38N2O5S/c1-4-5-20-41-21-22-42-32-12-6-27(7-13-32)28-8-16-34(40-3)29(23-28)9-17-35(38)37-31-10-14-33(15-11-31)43(39)25-30-24-36-19-18-26(30)2/h6-19,23-24H,4-5,20-22,25H2,1-3H3,(H,37,38)/b17-9+. The van der Waals surface area contributed by atoms with Gasteiger partial charge in [0.1, 0.15) is 18.1 Å². The molecule has 1 heterocycles. The van der Waals surface area contributed by atoms with Crippen LogP contribution < -0.4 is 14.8 Å². The summed E-state index contributed by atoms with van der Waals surface area (Å²) in [6.07, 6.45) is 8.85. The Morgan fingerprint density at radius 3 is 2.44 bits per heavy atom. The summed E-state index contributed by atoms with van der Waals surface area (Å²) in [6.45, 7) is 5.97. The number of carbonyl (C=O) groups excluding carboxylic acids is 1. The van der Waals surface area contributed by atoms with Gasteiger partial charge in [0.2, 0.25) is 5.91 Å². The lowest BCUT2D eigenvalue weighted by Crippen LogP contribution is -2.08. The fourth-order valence-electron chi connectivity index (χ4n) is 4.27. The zero-order valence-corrected chi connectivity index (χ0v) is 25.7. The first-order valence-electron chi connectivity index (χ1n) is 14.3. The van der Waals surface area contributed by atoms with Gasteiger partial charge in [-0.25, -0.2) is 0 Å². The molecule has 0 fully saturated rings. The molecule has 0 spiro atoms. The summed E-state index contributed by atoms with van der Waals surface area (Å²) in [6, 6.07) is 22.7. The highest BCUT2D eigenvalue weighted by atomic mass is 32.2. The third-order valence-electron chi connectivity index (χ3n) is 6.79. The minimum absolute atomic E-state index is 0.285. The van der Waals surface area contributed by atoms with E-state index in [1.807, 2.05) is 55.5 Å². The smallest absolute Gasteiger partial charge is 0.248 e. The van der Waals surface area contributed by atoms with Gasteiger partial charge in [-0.2, -0.15) is 0 Å². The molecule has 4 rings (SSSR count). The first-order chi connectivity index (χ1) is 21.0. The Labute approximate surface area is 256 Å². The Kier molecular flexibility index (Phi) is 12.1. The number of amides is 1. The van der Waals surface area contributed by atoms with Crippen LogP contribution in [0.5, 0.6) is 11.5 Å². The van der Waals surface area contributed by atoms with Gasteiger partial charge in [0, 0.05) is 41.2 Å². The molecule has 1 unspecified atom stereocenters. The molecule has 0 saturated heterocycles. The van der Waals surface area contributed by atoms with Crippen molar-refractivity contribution in [3.63, 3.8) is 0 Å². The van der Waals surface area contributed by atoms with Gasteiger partial charge >= 0.3 is 0 Å². The number of nitrogens with zero attached hydrogens (tertiary/aromatic N) is 1. The fraction of sp³-hybridized carbons (Fsp3) is 0.257. The summed E-state index contributed by atoms with van der Waals surface area (Å²) in [4.78, 5) is 17.5. The van der Waals surface area contributed by atoms with Gasteiger partial charge in [0.15, 0.2) is 0 Å². The maximum atomic E-state index is 12.8. The van der Waals surface area contributed by atoms with Crippen LogP contribution in [0.15, 0.2) is 96.2 Å². The quantitative estimate of drug-likeness (QED) is 0.115. The van der Waals surface area contributed by atoms with Gasteiger partial charge in [0.25, 0.3) is 0 Å². The number of anilines is 1.